The summed E-state index contributed by atoms with van der Waals surface area (Å²) in [6.45, 7) is 2.49. The maximum Gasteiger partial charge on any atom is 0.265 e. The molecule has 2 aromatic rings. The lowest BCUT2D eigenvalue weighted by Crippen LogP contribution is -2.10. The molecule has 0 aliphatic carbocycles. The van der Waals surface area contributed by atoms with Gasteiger partial charge < -0.3 is 11.1 Å². The third kappa shape index (κ3) is 2.93. The molecule has 0 fully saturated rings. The number of carbonyl (C=O) groups is 1. The average Bonchev–Trinajstić information content (AvgIpc) is 2.77. The number of anilines is 1. The van der Waals surface area contributed by atoms with Gasteiger partial charge in [0.05, 0.1) is 4.88 Å². The zero-order valence-corrected chi connectivity index (χ0v) is 10.4. The van der Waals surface area contributed by atoms with Crippen molar-refractivity contribution in [3.8, 4) is 0 Å². The van der Waals surface area contributed by atoms with E-state index in [2.05, 4.69) is 5.32 Å². The third-order valence-corrected chi connectivity index (χ3v) is 3.45. The zero-order chi connectivity index (χ0) is 12.3. The highest BCUT2D eigenvalue weighted by molar-refractivity contribution is 7.12. The van der Waals surface area contributed by atoms with E-state index < -0.39 is 0 Å². The van der Waals surface area contributed by atoms with Crippen LogP contribution in [0.2, 0.25) is 0 Å². The summed E-state index contributed by atoms with van der Waals surface area (Å²) in [6.07, 6.45) is 0. The summed E-state index contributed by atoms with van der Waals surface area (Å²) < 4.78 is 0. The standard InChI is InChI=1S/C13H14N2OS/c1-9-6-12(17-8-9)13(16)15-11-4-2-10(7-14)3-5-11/h2-6,8H,7,14H2,1H3,(H,15,16). The van der Waals surface area contributed by atoms with Crippen LogP contribution in [0.25, 0.3) is 0 Å². The van der Waals surface area contributed by atoms with Crippen LogP contribution in [-0.4, -0.2) is 5.91 Å². The van der Waals surface area contributed by atoms with Crippen LogP contribution in [-0.2, 0) is 6.54 Å². The first-order valence-corrected chi connectivity index (χ1v) is 6.22. The van der Waals surface area contributed by atoms with Gasteiger partial charge in [0.2, 0.25) is 0 Å². The maximum atomic E-state index is 11.9. The van der Waals surface area contributed by atoms with Crippen molar-refractivity contribution in [1.29, 1.82) is 0 Å². The molecule has 0 radical (unpaired) electrons. The molecule has 1 aromatic heterocycles. The molecule has 88 valence electrons. The van der Waals surface area contributed by atoms with Gasteiger partial charge in [0.25, 0.3) is 5.91 Å². The predicted octanol–water partition coefficient (Wildman–Crippen LogP) is 2.77. The molecule has 4 heteroatoms. The van der Waals surface area contributed by atoms with Gasteiger partial charge in [-0.2, -0.15) is 0 Å². The normalized spacial score (nSPS) is 10.2. The van der Waals surface area contributed by atoms with E-state index in [-0.39, 0.29) is 5.91 Å². The van der Waals surface area contributed by atoms with Crippen molar-refractivity contribution in [3.05, 3.63) is 51.7 Å². The Balaban J connectivity index is 2.07. The van der Waals surface area contributed by atoms with Crippen LogP contribution in [0.3, 0.4) is 0 Å². The Morgan fingerprint density at radius 3 is 2.59 bits per heavy atom. The van der Waals surface area contributed by atoms with Crippen LogP contribution in [0.5, 0.6) is 0 Å². The van der Waals surface area contributed by atoms with Crippen LogP contribution in [0.4, 0.5) is 5.69 Å². The van der Waals surface area contributed by atoms with Crippen molar-refractivity contribution in [2.75, 3.05) is 5.32 Å². The summed E-state index contributed by atoms with van der Waals surface area (Å²) >= 11 is 1.45. The molecule has 2 rings (SSSR count). The van der Waals surface area contributed by atoms with Gasteiger partial charge in [0.1, 0.15) is 0 Å². The number of nitrogens with two attached hydrogens (primary N) is 1. The number of carbonyl (C=O) groups excluding carboxylic acids is 1. The van der Waals surface area contributed by atoms with E-state index in [4.69, 9.17) is 5.73 Å². The molecule has 3 N–H and O–H groups in total. The summed E-state index contributed by atoms with van der Waals surface area (Å²) in [5.41, 5.74) is 8.46. The summed E-state index contributed by atoms with van der Waals surface area (Å²) in [5.74, 6) is -0.0661. The Morgan fingerprint density at radius 2 is 2.06 bits per heavy atom. The molecule has 0 aliphatic rings. The molecule has 1 aromatic carbocycles. The molecule has 0 atom stereocenters. The molecular formula is C13H14N2OS. The van der Waals surface area contributed by atoms with Gasteiger partial charge in [-0.25, -0.2) is 0 Å². The molecule has 0 unspecified atom stereocenters. The molecule has 0 saturated heterocycles. The number of amides is 1. The summed E-state index contributed by atoms with van der Waals surface area (Å²) in [7, 11) is 0. The Morgan fingerprint density at radius 1 is 1.35 bits per heavy atom. The Kier molecular flexibility index (Phi) is 3.56. The zero-order valence-electron chi connectivity index (χ0n) is 9.57. The summed E-state index contributed by atoms with van der Waals surface area (Å²) in [4.78, 5) is 12.6. The van der Waals surface area contributed by atoms with E-state index >= 15 is 0 Å². The van der Waals surface area contributed by atoms with Crippen molar-refractivity contribution in [2.45, 2.75) is 13.5 Å². The second kappa shape index (κ2) is 5.12. The monoisotopic (exact) mass is 246 g/mol. The fraction of sp³-hybridized carbons (Fsp3) is 0.154. The lowest BCUT2D eigenvalue weighted by atomic mass is 10.2. The summed E-state index contributed by atoms with van der Waals surface area (Å²) in [6, 6.07) is 9.43. The maximum absolute atomic E-state index is 11.9. The smallest absolute Gasteiger partial charge is 0.265 e. The molecule has 0 spiro atoms. The van der Waals surface area contributed by atoms with Gasteiger partial charge in [-0.3, -0.25) is 4.79 Å². The minimum atomic E-state index is -0.0661. The second-order valence-electron chi connectivity index (χ2n) is 3.84. The Labute approximate surface area is 104 Å². The van der Waals surface area contributed by atoms with Crippen molar-refractivity contribution in [2.24, 2.45) is 5.73 Å². The Hall–Kier alpha value is -1.65. The molecule has 3 nitrogen and oxygen atoms in total. The average molecular weight is 246 g/mol. The topological polar surface area (TPSA) is 55.1 Å². The fourth-order valence-electron chi connectivity index (χ4n) is 1.47. The van der Waals surface area contributed by atoms with Crippen molar-refractivity contribution >= 4 is 22.9 Å². The first kappa shape index (κ1) is 11.8. The van der Waals surface area contributed by atoms with E-state index in [0.29, 0.717) is 6.54 Å². The van der Waals surface area contributed by atoms with Crippen molar-refractivity contribution in [1.82, 2.24) is 0 Å². The van der Waals surface area contributed by atoms with Gasteiger partial charge in [0, 0.05) is 12.2 Å². The number of benzene rings is 1. The number of thiophene rings is 1. The molecule has 17 heavy (non-hydrogen) atoms. The molecule has 0 saturated carbocycles. The summed E-state index contributed by atoms with van der Waals surface area (Å²) in [5, 5.41) is 4.82. The minimum absolute atomic E-state index is 0.0661. The van der Waals surface area contributed by atoms with E-state index in [0.717, 1.165) is 21.7 Å². The molecule has 0 aliphatic heterocycles. The first-order chi connectivity index (χ1) is 8.19. The van der Waals surface area contributed by atoms with Crippen molar-refractivity contribution in [3.63, 3.8) is 0 Å². The molecular weight excluding hydrogens is 232 g/mol. The van der Waals surface area contributed by atoms with E-state index in [1.54, 1.807) is 0 Å². The van der Waals surface area contributed by atoms with Gasteiger partial charge in [-0.05, 0) is 41.6 Å². The van der Waals surface area contributed by atoms with Gasteiger partial charge in [0.15, 0.2) is 0 Å². The minimum Gasteiger partial charge on any atom is -0.326 e. The predicted molar refractivity (Wildman–Crippen MR) is 71.3 cm³/mol. The van der Waals surface area contributed by atoms with E-state index in [9.17, 15) is 4.79 Å². The number of hydrogen-bond acceptors (Lipinski definition) is 3. The van der Waals surface area contributed by atoms with E-state index in [1.807, 2.05) is 42.6 Å². The first-order valence-electron chi connectivity index (χ1n) is 5.34. The lowest BCUT2D eigenvalue weighted by Gasteiger charge is -2.04. The second-order valence-corrected chi connectivity index (χ2v) is 4.75. The van der Waals surface area contributed by atoms with Crippen molar-refractivity contribution < 1.29 is 4.79 Å². The SMILES string of the molecule is Cc1csc(C(=O)Nc2ccc(CN)cc2)c1. The highest BCUT2D eigenvalue weighted by Gasteiger charge is 2.07. The Bertz CT molecular complexity index is 516. The van der Waals surface area contributed by atoms with E-state index in [1.165, 1.54) is 11.3 Å². The molecule has 1 heterocycles. The lowest BCUT2D eigenvalue weighted by molar-refractivity contribution is 0.103. The van der Waals surface area contributed by atoms with Crippen LogP contribution < -0.4 is 11.1 Å². The third-order valence-electron chi connectivity index (χ3n) is 2.40. The van der Waals surface area contributed by atoms with Gasteiger partial charge >= 0.3 is 0 Å². The molecule has 0 bridgehead atoms. The fourth-order valence-corrected chi connectivity index (χ4v) is 2.26. The molecule has 1 amide bonds. The highest BCUT2D eigenvalue weighted by Crippen LogP contribution is 2.16. The van der Waals surface area contributed by atoms with Gasteiger partial charge in [-0.1, -0.05) is 12.1 Å². The number of hydrogen-bond donors (Lipinski definition) is 2. The van der Waals surface area contributed by atoms with Crippen LogP contribution in [0, 0.1) is 6.92 Å². The van der Waals surface area contributed by atoms with Crippen LogP contribution >= 0.6 is 11.3 Å². The number of rotatable bonds is 3. The van der Waals surface area contributed by atoms with Crippen LogP contribution in [0.15, 0.2) is 35.7 Å². The number of aryl methyl sites for hydroxylation is 1. The number of nitrogens with one attached hydrogen (secondary N) is 1. The largest absolute Gasteiger partial charge is 0.326 e. The van der Waals surface area contributed by atoms with Crippen LogP contribution in [0.1, 0.15) is 20.8 Å². The van der Waals surface area contributed by atoms with Gasteiger partial charge in [-0.15, -0.1) is 11.3 Å². The highest BCUT2D eigenvalue weighted by atomic mass is 32.1. The quantitative estimate of drug-likeness (QED) is 0.875.